The van der Waals surface area contributed by atoms with Crippen LogP contribution in [0.5, 0.6) is 0 Å². The van der Waals surface area contributed by atoms with Crippen molar-refractivity contribution < 1.29 is 5.11 Å². The van der Waals surface area contributed by atoms with E-state index in [0.717, 1.165) is 6.42 Å². The number of nitrogens with zero attached hydrogens (tertiary/aromatic N) is 1. The summed E-state index contributed by atoms with van der Waals surface area (Å²) in [4.78, 5) is 3.99. The molecule has 0 saturated heterocycles. The first-order valence-corrected chi connectivity index (χ1v) is 5.60. The summed E-state index contributed by atoms with van der Waals surface area (Å²) in [6.45, 7) is 6.54. The summed E-state index contributed by atoms with van der Waals surface area (Å²) in [6, 6.07) is 3.98. The summed E-state index contributed by atoms with van der Waals surface area (Å²) in [6.07, 6.45) is 4.50. The van der Waals surface area contributed by atoms with E-state index in [2.05, 4.69) is 25.8 Å². The second kappa shape index (κ2) is 3.60. The van der Waals surface area contributed by atoms with Gasteiger partial charge in [-0.2, -0.15) is 0 Å². The molecule has 2 rings (SSSR count). The predicted molar refractivity (Wildman–Crippen MR) is 60.5 cm³/mol. The van der Waals surface area contributed by atoms with E-state index >= 15 is 0 Å². The molecule has 1 aromatic heterocycles. The highest BCUT2D eigenvalue weighted by Crippen LogP contribution is 2.55. The Morgan fingerprint density at radius 2 is 1.93 bits per heavy atom. The van der Waals surface area contributed by atoms with E-state index in [-0.39, 0.29) is 12.0 Å². The number of aliphatic hydroxyl groups is 1. The normalized spacial score (nSPS) is 27.1. The predicted octanol–water partition coefficient (Wildman–Crippen LogP) is 2.59. The van der Waals surface area contributed by atoms with Crippen LogP contribution in [0.15, 0.2) is 24.5 Å². The van der Waals surface area contributed by atoms with Gasteiger partial charge in [0.05, 0.1) is 6.10 Å². The molecular formula is C13H19NO. The Morgan fingerprint density at radius 3 is 2.40 bits per heavy atom. The third kappa shape index (κ3) is 2.05. The molecule has 0 aliphatic heterocycles. The Kier molecular flexibility index (Phi) is 2.55. The van der Waals surface area contributed by atoms with Crippen LogP contribution in [0.2, 0.25) is 0 Å². The molecule has 82 valence electrons. The Bertz CT molecular complexity index is 334. The number of hydrogen-bond acceptors (Lipinski definition) is 2. The first-order chi connectivity index (χ1) is 7.02. The molecule has 0 amide bonds. The summed E-state index contributed by atoms with van der Waals surface area (Å²) in [5, 5.41) is 10.2. The Morgan fingerprint density at radius 1 is 1.40 bits per heavy atom. The fourth-order valence-electron chi connectivity index (χ4n) is 2.30. The average molecular weight is 205 g/mol. The molecule has 0 aromatic carbocycles. The molecule has 1 aliphatic carbocycles. The van der Waals surface area contributed by atoms with E-state index in [9.17, 15) is 5.11 Å². The highest BCUT2D eigenvalue weighted by atomic mass is 16.3. The standard InChI is InChI=1S/C13H19NO/c1-9(10-4-6-14-7-5-10)12(15)11-8-13(11,2)3/h4-7,9,11-12,15H,8H2,1-3H3. The third-order valence-electron chi connectivity index (χ3n) is 3.75. The second-order valence-electron chi connectivity index (χ2n) is 5.36. The van der Waals surface area contributed by atoms with Gasteiger partial charge in [0.25, 0.3) is 0 Å². The van der Waals surface area contributed by atoms with Gasteiger partial charge in [0, 0.05) is 18.3 Å². The summed E-state index contributed by atoms with van der Waals surface area (Å²) in [5.41, 5.74) is 1.51. The molecule has 0 spiro atoms. The lowest BCUT2D eigenvalue weighted by Crippen LogP contribution is -2.20. The fraction of sp³-hybridized carbons (Fsp3) is 0.615. The van der Waals surface area contributed by atoms with Gasteiger partial charge in [0.1, 0.15) is 0 Å². The van der Waals surface area contributed by atoms with Crippen LogP contribution in [0.3, 0.4) is 0 Å². The highest BCUT2D eigenvalue weighted by molar-refractivity contribution is 5.18. The van der Waals surface area contributed by atoms with E-state index in [1.165, 1.54) is 5.56 Å². The molecule has 1 aliphatic rings. The first-order valence-electron chi connectivity index (χ1n) is 5.60. The average Bonchev–Trinajstić information content (AvgIpc) is 2.87. The number of pyridine rings is 1. The monoisotopic (exact) mass is 205 g/mol. The minimum atomic E-state index is -0.220. The van der Waals surface area contributed by atoms with E-state index < -0.39 is 0 Å². The summed E-state index contributed by atoms with van der Waals surface area (Å²) < 4.78 is 0. The van der Waals surface area contributed by atoms with Crippen LogP contribution in [0.4, 0.5) is 0 Å². The molecular weight excluding hydrogens is 186 g/mol. The van der Waals surface area contributed by atoms with Crippen molar-refractivity contribution in [3.8, 4) is 0 Å². The number of aliphatic hydroxyl groups excluding tert-OH is 1. The van der Waals surface area contributed by atoms with Crippen molar-refractivity contribution in [2.24, 2.45) is 11.3 Å². The van der Waals surface area contributed by atoms with Gasteiger partial charge in [0.15, 0.2) is 0 Å². The van der Waals surface area contributed by atoms with Crippen LogP contribution in [0, 0.1) is 11.3 Å². The number of rotatable bonds is 3. The number of hydrogen-bond donors (Lipinski definition) is 1. The molecule has 1 heterocycles. The first kappa shape index (κ1) is 10.6. The van der Waals surface area contributed by atoms with E-state index in [1.54, 1.807) is 12.4 Å². The van der Waals surface area contributed by atoms with E-state index in [1.807, 2.05) is 12.1 Å². The smallest absolute Gasteiger partial charge is 0.0639 e. The van der Waals surface area contributed by atoms with Crippen LogP contribution < -0.4 is 0 Å². The maximum atomic E-state index is 10.2. The van der Waals surface area contributed by atoms with Crippen molar-refractivity contribution in [3.63, 3.8) is 0 Å². The molecule has 3 atom stereocenters. The van der Waals surface area contributed by atoms with Crippen molar-refractivity contribution in [1.82, 2.24) is 4.98 Å². The fourth-order valence-corrected chi connectivity index (χ4v) is 2.30. The van der Waals surface area contributed by atoms with Crippen LogP contribution in [-0.4, -0.2) is 16.2 Å². The molecule has 1 aromatic rings. The zero-order chi connectivity index (χ0) is 11.1. The van der Waals surface area contributed by atoms with E-state index in [4.69, 9.17) is 0 Å². The van der Waals surface area contributed by atoms with Crippen molar-refractivity contribution in [2.45, 2.75) is 39.2 Å². The molecule has 0 radical (unpaired) electrons. The number of aromatic nitrogens is 1. The van der Waals surface area contributed by atoms with Gasteiger partial charge < -0.3 is 5.11 Å². The third-order valence-corrected chi connectivity index (χ3v) is 3.75. The summed E-state index contributed by atoms with van der Waals surface area (Å²) in [5.74, 6) is 0.667. The Labute approximate surface area is 91.4 Å². The Balaban J connectivity index is 2.06. The minimum absolute atomic E-state index is 0.208. The van der Waals surface area contributed by atoms with Gasteiger partial charge >= 0.3 is 0 Å². The molecule has 1 N–H and O–H groups in total. The van der Waals surface area contributed by atoms with Gasteiger partial charge in [-0.25, -0.2) is 0 Å². The zero-order valence-electron chi connectivity index (χ0n) is 9.64. The largest absolute Gasteiger partial charge is 0.392 e. The molecule has 1 saturated carbocycles. The molecule has 15 heavy (non-hydrogen) atoms. The van der Waals surface area contributed by atoms with Crippen molar-refractivity contribution in [1.29, 1.82) is 0 Å². The van der Waals surface area contributed by atoms with E-state index in [0.29, 0.717) is 11.3 Å². The molecule has 2 nitrogen and oxygen atoms in total. The van der Waals surface area contributed by atoms with Crippen molar-refractivity contribution >= 4 is 0 Å². The SMILES string of the molecule is CC(c1ccncc1)C(O)C1CC1(C)C. The van der Waals surface area contributed by atoms with Gasteiger partial charge in [-0.15, -0.1) is 0 Å². The van der Waals surface area contributed by atoms with Crippen LogP contribution >= 0.6 is 0 Å². The molecule has 1 fully saturated rings. The Hall–Kier alpha value is -0.890. The van der Waals surface area contributed by atoms with Gasteiger partial charge in [0.2, 0.25) is 0 Å². The second-order valence-corrected chi connectivity index (χ2v) is 5.36. The lowest BCUT2D eigenvalue weighted by atomic mass is 9.90. The molecule has 0 bridgehead atoms. The maximum Gasteiger partial charge on any atom is 0.0639 e. The van der Waals surface area contributed by atoms with Gasteiger partial charge in [-0.1, -0.05) is 20.8 Å². The van der Waals surface area contributed by atoms with Crippen LogP contribution in [-0.2, 0) is 0 Å². The van der Waals surface area contributed by atoms with Crippen LogP contribution in [0.1, 0.15) is 38.7 Å². The lowest BCUT2D eigenvalue weighted by Gasteiger charge is -2.20. The quantitative estimate of drug-likeness (QED) is 0.822. The topological polar surface area (TPSA) is 33.1 Å². The molecule has 3 unspecified atom stereocenters. The van der Waals surface area contributed by atoms with Crippen LogP contribution in [0.25, 0.3) is 0 Å². The molecule has 2 heteroatoms. The van der Waals surface area contributed by atoms with Gasteiger partial charge in [-0.05, 0) is 35.4 Å². The van der Waals surface area contributed by atoms with Gasteiger partial charge in [-0.3, -0.25) is 4.98 Å². The summed E-state index contributed by atoms with van der Waals surface area (Å²) in [7, 11) is 0. The minimum Gasteiger partial charge on any atom is -0.392 e. The summed E-state index contributed by atoms with van der Waals surface area (Å²) >= 11 is 0. The lowest BCUT2D eigenvalue weighted by molar-refractivity contribution is 0.113. The highest BCUT2D eigenvalue weighted by Gasteiger charge is 2.51. The van der Waals surface area contributed by atoms with Crippen molar-refractivity contribution in [3.05, 3.63) is 30.1 Å². The zero-order valence-corrected chi connectivity index (χ0v) is 9.64. The van der Waals surface area contributed by atoms with Crippen molar-refractivity contribution in [2.75, 3.05) is 0 Å². The maximum absolute atomic E-state index is 10.2.